The lowest BCUT2D eigenvalue weighted by Crippen LogP contribution is -2.17. The van der Waals surface area contributed by atoms with Crippen LogP contribution in [0.25, 0.3) is 0 Å². The molecule has 0 radical (unpaired) electrons. The first-order valence-electron chi connectivity index (χ1n) is 6.56. The van der Waals surface area contributed by atoms with E-state index in [4.69, 9.17) is 22.1 Å². The van der Waals surface area contributed by atoms with Gasteiger partial charge in [0, 0.05) is 11.6 Å². The second kappa shape index (κ2) is 6.87. The molecule has 2 aromatic carbocycles. The third-order valence-electron chi connectivity index (χ3n) is 2.94. The molecule has 112 valence electrons. The highest BCUT2D eigenvalue weighted by Crippen LogP contribution is 2.27. The molecule has 0 aliphatic rings. The fourth-order valence-corrected chi connectivity index (χ4v) is 2.23. The van der Waals surface area contributed by atoms with Crippen molar-refractivity contribution in [3.63, 3.8) is 0 Å². The Morgan fingerprint density at radius 1 is 1.19 bits per heavy atom. The zero-order chi connectivity index (χ0) is 15.4. The van der Waals surface area contributed by atoms with Gasteiger partial charge in [0.15, 0.2) is 0 Å². The second-order valence-electron chi connectivity index (χ2n) is 4.97. The predicted molar refractivity (Wildman–Crippen MR) is 79.5 cm³/mol. The molecule has 2 rings (SSSR count). The van der Waals surface area contributed by atoms with Crippen LogP contribution in [0.3, 0.4) is 0 Å². The summed E-state index contributed by atoms with van der Waals surface area (Å²) in [5, 5.41) is 0.421. The highest BCUT2D eigenvalue weighted by Gasteiger charge is 2.08. The maximum atomic E-state index is 13.5. The van der Waals surface area contributed by atoms with E-state index in [9.17, 15) is 8.78 Å². The van der Waals surface area contributed by atoms with E-state index >= 15 is 0 Å². The molecule has 2 aromatic rings. The van der Waals surface area contributed by atoms with Gasteiger partial charge in [0.25, 0.3) is 0 Å². The van der Waals surface area contributed by atoms with E-state index in [1.54, 1.807) is 12.1 Å². The minimum atomic E-state index is -0.513. The van der Waals surface area contributed by atoms with Gasteiger partial charge >= 0.3 is 0 Å². The fourth-order valence-electron chi connectivity index (χ4n) is 1.97. The average Bonchev–Trinajstić information content (AvgIpc) is 2.41. The Bertz CT molecular complexity index is 632. The quantitative estimate of drug-likeness (QED) is 0.902. The van der Waals surface area contributed by atoms with Crippen LogP contribution in [0.4, 0.5) is 8.78 Å². The van der Waals surface area contributed by atoms with Crippen molar-refractivity contribution in [3.8, 4) is 5.75 Å². The van der Waals surface area contributed by atoms with E-state index in [1.807, 2.05) is 13.0 Å². The van der Waals surface area contributed by atoms with Crippen molar-refractivity contribution in [3.05, 3.63) is 64.2 Å². The molecule has 0 amide bonds. The van der Waals surface area contributed by atoms with E-state index < -0.39 is 11.6 Å². The van der Waals surface area contributed by atoms with Gasteiger partial charge in [-0.1, -0.05) is 17.7 Å². The number of nitrogens with two attached hydrogens (primary N) is 1. The highest BCUT2D eigenvalue weighted by molar-refractivity contribution is 6.32. The summed E-state index contributed by atoms with van der Waals surface area (Å²) >= 11 is 6.12. The largest absolute Gasteiger partial charge is 0.487 e. The maximum Gasteiger partial charge on any atom is 0.138 e. The SMILES string of the molecule is CC(N)Cc1ccc(OCc2cc(F)ccc2F)c(Cl)c1. The minimum absolute atomic E-state index is 0.0363. The monoisotopic (exact) mass is 311 g/mol. The minimum Gasteiger partial charge on any atom is -0.487 e. The number of hydrogen-bond acceptors (Lipinski definition) is 2. The van der Waals surface area contributed by atoms with Gasteiger partial charge in [-0.3, -0.25) is 0 Å². The molecule has 0 aromatic heterocycles. The van der Waals surface area contributed by atoms with Crippen LogP contribution < -0.4 is 10.5 Å². The molecule has 0 fully saturated rings. The Morgan fingerprint density at radius 2 is 1.95 bits per heavy atom. The van der Waals surface area contributed by atoms with Crippen LogP contribution in [-0.4, -0.2) is 6.04 Å². The van der Waals surface area contributed by atoms with Crippen molar-refractivity contribution < 1.29 is 13.5 Å². The molecule has 0 aliphatic heterocycles. The summed E-state index contributed by atoms with van der Waals surface area (Å²) in [5.41, 5.74) is 6.87. The lowest BCUT2D eigenvalue weighted by Gasteiger charge is -2.11. The van der Waals surface area contributed by atoms with Crippen LogP contribution in [0.15, 0.2) is 36.4 Å². The lowest BCUT2D eigenvalue weighted by atomic mass is 10.1. The van der Waals surface area contributed by atoms with E-state index in [0.29, 0.717) is 17.2 Å². The molecule has 5 heteroatoms. The molecular weight excluding hydrogens is 296 g/mol. The summed E-state index contributed by atoms with van der Waals surface area (Å²) < 4.78 is 32.0. The second-order valence-corrected chi connectivity index (χ2v) is 5.38. The van der Waals surface area contributed by atoms with Gasteiger partial charge < -0.3 is 10.5 Å². The molecule has 1 atom stereocenters. The van der Waals surface area contributed by atoms with Gasteiger partial charge in [-0.05, 0) is 49.2 Å². The normalized spacial score (nSPS) is 12.2. The number of hydrogen-bond donors (Lipinski definition) is 1. The zero-order valence-electron chi connectivity index (χ0n) is 11.6. The molecule has 0 aliphatic carbocycles. The van der Waals surface area contributed by atoms with E-state index in [0.717, 1.165) is 23.8 Å². The summed E-state index contributed by atoms with van der Waals surface area (Å²) in [7, 11) is 0. The van der Waals surface area contributed by atoms with Gasteiger partial charge in [-0.2, -0.15) is 0 Å². The Hall–Kier alpha value is -1.65. The molecule has 0 bridgehead atoms. The van der Waals surface area contributed by atoms with E-state index in [-0.39, 0.29) is 18.2 Å². The van der Waals surface area contributed by atoms with Crippen LogP contribution in [0, 0.1) is 11.6 Å². The molecule has 0 spiro atoms. The Morgan fingerprint density at radius 3 is 2.62 bits per heavy atom. The predicted octanol–water partition coefficient (Wildman–Crippen LogP) is 4.09. The standard InChI is InChI=1S/C16H16ClF2NO/c1-10(20)6-11-2-5-16(14(17)7-11)21-9-12-8-13(18)3-4-15(12)19/h2-5,7-8,10H,6,9,20H2,1H3. The molecule has 0 saturated carbocycles. The van der Waals surface area contributed by atoms with Crippen LogP contribution in [0.2, 0.25) is 5.02 Å². The van der Waals surface area contributed by atoms with Gasteiger partial charge in [0.1, 0.15) is 24.0 Å². The molecule has 0 heterocycles. The average molecular weight is 312 g/mol. The van der Waals surface area contributed by atoms with E-state index in [1.165, 1.54) is 0 Å². The maximum absolute atomic E-state index is 13.5. The Kier molecular flexibility index (Phi) is 5.15. The third kappa shape index (κ3) is 4.41. The summed E-state index contributed by atoms with van der Waals surface area (Å²) in [4.78, 5) is 0. The van der Waals surface area contributed by atoms with Crippen LogP contribution in [0.5, 0.6) is 5.75 Å². The summed E-state index contributed by atoms with van der Waals surface area (Å²) in [6.45, 7) is 1.82. The number of ether oxygens (including phenoxy) is 1. The third-order valence-corrected chi connectivity index (χ3v) is 3.24. The summed E-state index contributed by atoms with van der Waals surface area (Å²) in [5.74, 6) is -0.594. The first-order valence-corrected chi connectivity index (χ1v) is 6.94. The molecule has 2 nitrogen and oxygen atoms in total. The van der Waals surface area contributed by atoms with Crippen LogP contribution >= 0.6 is 11.6 Å². The van der Waals surface area contributed by atoms with Gasteiger partial charge in [-0.15, -0.1) is 0 Å². The fraction of sp³-hybridized carbons (Fsp3) is 0.250. The molecule has 0 saturated heterocycles. The Labute approximate surface area is 127 Å². The Balaban J connectivity index is 2.08. The molecule has 1 unspecified atom stereocenters. The van der Waals surface area contributed by atoms with Gasteiger partial charge in [-0.25, -0.2) is 8.78 Å². The summed E-state index contributed by atoms with van der Waals surface area (Å²) in [6, 6.07) is 8.60. The van der Waals surface area contributed by atoms with Crippen molar-refractivity contribution in [2.75, 3.05) is 0 Å². The first kappa shape index (κ1) is 15.7. The van der Waals surface area contributed by atoms with Crippen molar-refractivity contribution >= 4 is 11.6 Å². The number of benzene rings is 2. The number of halogens is 3. The summed E-state index contributed by atoms with van der Waals surface area (Å²) in [6.07, 6.45) is 0.707. The van der Waals surface area contributed by atoms with Crippen molar-refractivity contribution in [2.45, 2.75) is 26.0 Å². The number of rotatable bonds is 5. The smallest absolute Gasteiger partial charge is 0.138 e. The van der Waals surface area contributed by atoms with Gasteiger partial charge in [0.05, 0.1) is 5.02 Å². The van der Waals surface area contributed by atoms with Gasteiger partial charge in [0.2, 0.25) is 0 Å². The molecular formula is C16H16ClF2NO. The van der Waals surface area contributed by atoms with E-state index in [2.05, 4.69) is 0 Å². The lowest BCUT2D eigenvalue weighted by molar-refractivity contribution is 0.299. The van der Waals surface area contributed by atoms with Crippen molar-refractivity contribution in [1.29, 1.82) is 0 Å². The zero-order valence-corrected chi connectivity index (χ0v) is 12.3. The topological polar surface area (TPSA) is 35.2 Å². The molecule has 21 heavy (non-hydrogen) atoms. The highest BCUT2D eigenvalue weighted by atomic mass is 35.5. The first-order chi connectivity index (χ1) is 9.95. The molecule has 2 N–H and O–H groups in total. The van der Waals surface area contributed by atoms with Crippen molar-refractivity contribution in [1.82, 2.24) is 0 Å². The van der Waals surface area contributed by atoms with Crippen LogP contribution in [0.1, 0.15) is 18.1 Å². The van der Waals surface area contributed by atoms with Crippen molar-refractivity contribution in [2.24, 2.45) is 5.73 Å². The van der Waals surface area contributed by atoms with Crippen LogP contribution in [-0.2, 0) is 13.0 Å².